The highest BCUT2D eigenvalue weighted by atomic mass is 32.2. The summed E-state index contributed by atoms with van der Waals surface area (Å²) in [6, 6.07) is 11.7. The van der Waals surface area contributed by atoms with Gasteiger partial charge < -0.3 is 19.5 Å². The number of amides is 1. The lowest BCUT2D eigenvalue weighted by atomic mass is 10.2. The van der Waals surface area contributed by atoms with E-state index in [-0.39, 0.29) is 12.5 Å². The molecule has 1 heterocycles. The van der Waals surface area contributed by atoms with Crippen LogP contribution in [-0.2, 0) is 14.8 Å². The van der Waals surface area contributed by atoms with Gasteiger partial charge in [0.15, 0.2) is 4.75 Å². The first kappa shape index (κ1) is 19.4. The summed E-state index contributed by atoms with van der Waals surface area (Å²) in [6.45, 7) is 0.280. The summed E-state index contributed by atoms with van der Waals surface area (Å²) in [7, 11) is 0.682. The third kappa shape index (κ3) is 2.88. The minimum absolute atomic E-state index is 0.251. The van der Waals surface area contributed by atoms with Gasteiger partial charge in [-0.05, 0) is 42.8 Å². The number of rotatable bonds is 6. The van der Waals surface area contributed by atoms with Crippen molar-refractivity contribution in [3.05, 3.63) is 42.5 Å². The van der Waals surface area contributed by atoms with Crippen molar-refractivity contribution in [1.82, 2.24) is 0 Å². The van der Waals surface area contributed by atoms with E-state index in [9.17, 15) is 13.2 Å². The summed E-state index contributed by atoms with van der Waals surface area (Å²) < 4.78 is 42.0. The molecule has 2 aliphatic rings. The molecule has 2 unspecified atom stereocenters. The summed E-state index contributed by atoms with van der Waals surface area (Å²) >= 11 is 0. The van der Waals surface area contributed by atoms with Crippen LogP contribution in [-0.4, -0.2) is 46.9 Å². The molecule has 0 radical (unpaired) electrons. The Kier molecular flexibility index (Phi) is 4.57. The van der Waals surface area contributed by atoms with Gasteiger partial charge in [0.05, 0.1) is 32.7 Å². The van der Waals surface area contributed by atoms with Crippen LogP contribution < -0.4 is 23.8 Å². The van der Waals surface area contributed by atoms with Crippen LogP contribution in [0.1, 0.15) is 6.42 Å². The fourth-order valence-electron chi connectivity index (χ4n) is 3.85. The standard InChI is InChI=1S/C20H22N2O6S/c1-26-15-6-4-14(5-7-15)22-12-13-11-20(13,29(22,24)25)19(23)21-17-9-8-16(27-2)10-18(17)28-3/h4-10,13H,11-12H2,1-3H3,(H,21,23). The van der Waals surface area contributed by atoms with Crippen LogP contribution in [0.4, 0.5) is 11.4 Å². The molecule has 4 rings (SSSR count). The summed E-state index contributed by atoms with van der Waals surface area (Å²) in [6.07, 6.45) is 0.312. The zero-order chi connectivity index (χ0) is 20.8. The smallest absolute Gasteiger partial charge is 0.250 e. The number of nitrogens with one attached hydrogen (secondary N) is 1. The van der Waals surface area contributed by atoms with Gasteiger partial charge in [0.2, 0.25) is 15.9 Å². The van der Waals surface area contributed by atoms with Gasteiger partial charge in [0.25, 0.3) is 0 Å². The lowest BCUT2D eigenvalue weighted by Gasteiger charge is -2.23. The molecular formula is C20H22N2O6S. The number of carbonyl (C=O) groups is 1. The predicted octanol–water partition coefficient (Wildman–Crippen LogP) is 2.26. The fraction of sp³-hybridized carbons (Fsp3) is 0.350. The van der Waals surface area contributed by atoms with Crippen molar-refractivity contribution in [1.29, 1.82) is 0 Å². The van der Waals surface area contributed by atoms with Gasteiger partial charge in [-0.1, -0.05) is 0 Å². The van der Waals surface area contributed by atoms with Gasteiger partial charge in [-0.25, -0.2) is 8.42 Å². The number of hydrogen-bond acceptors (Lipinski definition) is 6. The molecule has 2 aromatic rings. The van der Waals surface area contributed by atoms with Crippen molar-refractivity contribution in [3.63, 3.8) is 0 Å². The lowest BCUT2D eigenvalue weighted by molar-refractivity contribution is -0.116. The maximum absolute atomic E-state index is 13.3. The molecule has 8 nitrogen and oxygen atoms in total. The second kappa shape index (κ2) is 6.84. The Morgan fingerprint density at radius 1 is 1.03 bits per heavy atom. The molecule has 1 aliphatic heterocycles. The molecule has 154 valence electrons. The monoisotopic (exact) mass is 418 g/mol. The second-order valence-corrected chi connectivity index (χ2v) is 9.16. The topological polar surface area (TPSA) is 94.2 Å². The van der Waals surface area contributed by atoms with Gasteiger partial charge >= 0.3 is 0 Å². The van der Waals surface area contributed by atoms with Crippen LogP contribution in [0, 0.1) is 5.92 Å². The molecule has 1 N–H and O–H groups in total. The maximum atomic E-state index is 13.3. The average Bonchev–Trinajstić information content (AvgIpc) is 3.43. The highest BCUT2D eigenvalue weighted by molar-refractivity contribution is 7.95. The van der Waals surface area contributed by atoms with E-state index in [1.54, 1.807) is 49.6 Å². The fourth-order valence-corrected chi connectivity index (χ4v) is 6.21. The number of benzene rings is 2. The molecule has 0 bridgehead atoms. The van der Waals surface area contributed by atoms with Gasteiger partial charge in [-0.15, -0.1) is 0 Å². The third-order valence-corrected chi connectivity index (χ3v) is 8.13. The Labute approximate surface area is 169 Å². The van der Waals surface area contributed by atoms with Crippen LogP contribution in [0.15, 0.2) is 42.5 Å². The first-order valence-electron chi connectivity index (χ1n) is 9.07. The molecule has 9 heteroatoms. The van der Waals surface area contributed by atoms with Gasteiger partial charge in [0.1, 0.15) is 17.2 Å². The van der Waals surface area contributed by atoms with Crippen molar-refractivity contribution in [2.45, 2.75) is 11.2 Å². The van der Waals surface area contributed by atoms with Crippen molar-refractivity contribution in [2.24, 2.45) is 5.92 Å². The number of methoxy groups -OCH3 is 3. The quantitative estimate of drug-likeness (QED) is 0.773. The Balaban J connectivity index is 1.60. The largest absolute Gasteiger partial charge is 0.497 e. The molecule has 2 atom stereocenters. The van der Waals surface area contributed by atoms with Gasteiger partial charge in [-0.2, -0.15) is 0 Å². The van der Waals surface area contributed by atoms with Crippen LogP contribution in [0.25, 0.3) is 0 Å². The minimum Gasteiger partial charge on any atom is -0.497 e. The molecule has 1 aliphatic carbocycles. The van der Waals surface area contributed by atoms with E-state index in [2.05, 4.69) is 5.32 Å². The number of sulfonamides is 1. The van der Waals surface area contributed by atoms with Crippen LogP contribution >= 0.6 is 0 Å². The normalized spacial score (nSPS) is 23.8. The molecular weight excluding hydrogens is 396 g/mol. The zero-order valence-electron chi connectivity index (χ0n) is 16.3. The van der Waals surface area contributed by atoms with Crippen molar-refractivity contribution in [3.8, 4) is 17.2 Å². The maximum Gasteiger partial charge on any atom is 0.250 e. The van der Waals surface area contributed by atoms with E-state index >= 15 is 0 Å². The van der Waals surface area contributed by atoms with E-state index < -0.39 is 20.7 Å². The first-order valence-corrected chi connectivity index (χ1v) is 10.5. The minimum atomic E-state index is -3.86. The SMILES string of the molecule is COc1ccc(N2CC3CC3(C(=O)Nc3ccc(OC)cc3OC)S2(=O)=O)cc1. The first-order chi connectivity index (χ1) is 13.9. The molecule has 1 amide bonds. The second-order valence-electron chi connectivity index (χ2n) is 7.05. The van der Waals surface area contributed by atoms with E-state index in [1.807, 2.05) is 0 Å². The van der Waals surface area contributed by atoms with Crippen LogP contribution in [0.5, 0.6) is 17.2 Å². The van der Waals surface area contributed by atoms with E-state index in [0.29, 0.717) is 35.0 Å². The third-order valence-electron chi connectivity index (χ3n) is 5.59. The van der Waals surface area contributed by atoms with Crippen molar-refractivity contribution < 1.29 is 27.4 Å². The highest BCUT2D eigenvalue weighted by Gasteiger charge is 2.75. The zero-order valence-corrected chi connectivity index (χ0v) is 17.2. The van der Waals surface area contributed by atoms with E-state index in [0.717, 1.165) is 0 Å². The van der Waals surface area contributed by atoms with Crippen molar-refractivity contribution in [2.75, 3.05) is 37.5 Å². The number of fused-ring (bicyclic) bond motifs is 1. The lowest BCUT2D eigenvalue weighted by Crippen LogP contribution is -2.42. The molecule has 1 saturated heterocycles. The molecule has 1 saturated carbocycles. The number of carbonyl (C=O) groups excluding carboxylic acids is 1. The summed E-state index contributed by atoms with van der Waals surface area (Å²) in [4.78, 5) is 13.1. The number of hydrogen-bond donors (Lipinski definition) is 1. The molecule has 0 spiro atoms. The van der Waals surface area contributed by atoms with Crippen molar-refractivity contribution >= 4 is 27.3 Å². The van der Waals surface area contributed by atoms with Crippen LogP contribution in [0.3, 0.4) is 0 Å². The summed E-state index contributed by atoms with van der Waals surface area (Å²) in [5.41, 5.74) is 0.920. The molecule has 0 aromatic heterocycles. The predicted molar refractivity (Wildman–Crippen MR) is 108 cm³/mol. The molecule has 2 fully saturated rings. The highest BCUT2D eigenvalue weighted by Crippen LogP contribution is 2.58. The summed E-state index contributed by atoms with van der Waals surface area (Å²) in [5.74, 6) is 0.811. The van der Waals surface area contributed by atoms with Crippen LogP contribution in [0.2, 0.25) is 0 Å². The number of nitrogens with zero attached hydrogens (tertiary/aromatic N) is 1. The Morgan fingerprint density at radius 3 is 2.31 bits per heavy atom. The average molecular weight is 418 g/mol. The van der Waals surface area contributed by atoms with E-state index in [4.69, 9.17) is 14.2 Å². The van der Waals surface area contributed by atoms with Gasteiger partial charge in [-0.3, -0.25) is 9.10 Å². The Bertz CT molecular complexity index is 1050. The van der Waals surface area contributed by atoms with Gasteiger partial charge in [0, 0.05) is 18.5 Å². The Hall–Kier alpha value is -2.94. The summed E-state index contributed by atoms with van der Waals surface area (Å²) in [5, 5.41) is 2.74. The molecule has 2 aromatic carbocycles. The number of anilines is 2. The molecule has 29 heavy (non-hydrogen) atoms. The van der Waals surface area contributed by atoms with E-state index in [1.165, 1.54) is 18.5 Å². The Morgan fingerprint density at radius 2 is 1.69 bits per heavy atom. The number of ether oxygens (including phenoxy) is 3.